The minimum Gasteiger partial charge on any atom is -0.444 e. The summed E-state index contributed by atoms with van der Waals surface area (Å²) in [5.74, 6) is 0. The third kappa shape index (κ3) is 5.55. The second kappa shape index (κ2) is 6.56. The highest BCUT2D eigenvalue weighted by atomic mass is 19.4. The zero-order chi connectivity index (χ0) is 17.1. The van der Waals surface area contributed by atoms with E-state index < -0.39 is 35.5 Å². The number of hydrogen-bond acceptors (Lipinski definition) is 3. The van der Waals surface area contributed by atoms with Gasteiger partial charge < -0.3 is 15.8 Å². The molecule has 1 aromatic rings. The van der Waals surface area contributed by atoms with Gasteiger partial charge in [0.05, 0.1) is 5.56 Å². The normalized spacial score (nSPS) is 15.1. The first kappa shape index (κ1) is 18.3. The molecule has 0 spiro atoms. The van der Waals surface area contributed by atoms with Gasteiger partial charge in [-0.1, -0.05) is 12.1 Å². The average molecular weight is 318 g/mol. The van der Waals surface area contributed by atoms with Gasteiger partial charge in [-0.05, 0) is 45.4 Å². The third-order valence-electron chi connectivity index (χ3n) is 2.91. The highest BCUT2D eigenvalue weighted by molar-refractivity contribution is 5.68. The molecular formula is C15H21F3N2O2. The van der Waals surface area contributed by atoms with Crippen LogP contribution in [-0.2, 0) is 10.9 Å². The smallest absolute Gasteiger partial charge is 0.416 e. The van der Waals surface area contributed by atoms with Gasteiger partial charge in [-0.15, -0.1) is 0 Å². The fourth-order valence-corrected chi connectivity index (χ4v) is 1.77. The lowest BCUT2D eigenvalue weighted by molar-refractivity contribution is -0.137. The van der Waals surface area contributed by atoms with E-state index in [0.717, 1.165) is 12.1 Å². The summed E-state index contributed by atoms with van der Waals surface area (Å²) >= 11 is 0. The Kier molecular flexibility index (Phi) is 5.45. The van der Waals surface area contributed by atoms with E-state index in [9.17, 15) is 18.0 Å². The van der Waals surface area contributed by atoms with Gasteiger partial charge in [-0.25, -0.2) is 4.79 Å². The zero-order valence-electron chi connectivity index (χ0n) is 13.0. The van der Waals surface area contributed by atoms with E-state index in [4.69, 9.17) is 10.5 Å². The van der Waals surface area contributed by atoms with Crippen molar-refractivity contribution in [3.63, 3.8) is 0 Å². The molecule has 0 aromatic heterocycles. The molecule has 0 saturated heterocycles. The molecule has 1 aromatic carbocycles. The van der Waals surface area contributed by atoms with Gasteiger partial charge >= 0.3 is 12.3 Å². The van der Waals surface area contributed by atoms with Crippen molar-refractivity contribution in [1.29, 1.82) is 0 Å². The van der Waals surface area contributed by atoms with Gasteiger partial charge in [0, 0.05) is 12.1 Å². The van der Waals surface area contributed by atoms with Crippen LogP contribution in [0.3, 0.4) is 0 Å². The average Bonchev–Trinajstić information content (AvgIpc) is 2.34. The Hall–Kier alpha value is -1.76. The number of nitrogens with two attached hydrogens (primary N) is 1. The lowest BCUT2D eigenvalue weighted by Crippen LogP contribution is -2.43. The summed E-state index contributed by atoms with van der Waals surface area (Å²) < 4.78 is 42.6. The van der Waals surface area contributed by atoms with Crippen molar-refractivity contribution in [2.45, 2.75) is 51.6 Å². The minimum absolute atomic E-state index is 0.494. The molecule has 0 heterocycles. The molecule has 0 bridgehead atoms. The molecular weight excluding hydrogens is 297 g/mol. The maximum Gasteiger partial charge on any atom is 0.416 e. The summed E-state index contributed by atoms with van der Waals surface area (Å²) in [6.45, 7) is 6.85. The van der Waals surface area contributed by atoms with Gasteiger partial charge in [-0.3, -0.25) is 0 Å². The van der Waals surface area contributed by atoms with Crippen molar-refractivity contribution in [2.75, 3.05) is 0 Å². The molecule has 0 saturated carbocycles. The van der Waals surface area contributed by atoms with Crippen LogP contribution < -0.4 is 11.1 Å². The van der Waals surface area contributed by atoms with Crippen LogP contribution >= 0.6 is 0 Å². The molecule has 0 radical (unpaired) electrons. The Labute approximate surface area is 127 Å². The summed E-state index contributed by atoms with van der Waals surface area (Å²) in [6, 6.07) is 3.41. The second-order valence-electron chi connectivity index (χ2n) is 6.08. The minimum atomic E-state index is -4.39. The van der Waals surface area contributed by atoms with Crippen LogP contribution in [0, 0.1) is 0 Å². The third-order valence-corrected chi connectivity index (χ3v) is 2.91. The standard InChI is InChI=1S/C15H21F3N2O2/c1-9(20-13(21)22-14(2,3)4)12(19)10-5-7-11(8-6-10)15(16,17)18/h5-9,12H,19H2,1-4H3,(H,20,21)/t9-,12-/m0/s1. The van der Waals surface area contributed by atoms with E-state index in [0.29, 0.717) is 5.56 Å². The van der Waals surface area contributed by atoms with Crippen molar-refractivity contribution in [3.8, 4) is 0 Å². The van der Waals surface area contributed by atoms with Gasteiger partial charge in [0.15, 0.2) is 0 Å². The van der Waals surface area contributed by atoms with E-state index in [2.05, 4.69) is 5.32 Å². The Morgan fingerprint density at radius 1 is 1.18 bits per heavy atom. The van der Waals surface area contributed by atoms with Crippen molar-refractivity contribution >= 4 is 6.09 Å². The molecule has 22 heavy (non-hydrogen) atoms. The van der Waals surface area contributed by atoms with Crippen LogP contribution in [0.2, 0.25) is 0 Å². The summed E-state index contributed by atoms with van der Waals surface area (Å²) in [5, 5.41) is 2.57. The van der Waals surface area contributed by atoms with Gasteiger partial charge in [0.25, 0.3) is 0 Å². The number of rotatable bonds is 3. The number of carbonyl (C=O) groups is 1. The molecule has 4 nitrogen and oxygen atoms in total. The number of ether oxygens (including phenoxy) is 1. The largest absolute Gasteiger partial charge is 0.444 e. The van der Waals surface area contributed by atoms with Crippen LogP contribution in [0.4, 0.5) is 18.0 Å². The number of halogens is 3. The van der Waals surface area contributed by atoms with Gasteiger partial charge in [-0.2, -0.15) is 13.2 Å². The summed E-state index contributed by atoms with van der Waals surface area (Å²) in [5.41, 5.74) is 5.08. The number of alkyl halides is 3. The summed E-state index contributed by atoms with van der Waals surface area (Å²) in [4.78, 5) is 11.7. The number of nitrogens with one attached hydrogen (secondary N) is 1. The number of amides is 1. The van der Waals surface area contributed by atoms with E-state index in [1.165, 1.54) is 12.1 Å². The Balaban J connectivity index is 2.71. The first-order chi connectivity index (χ1) is 9.90. The first-order valence-electron chi connectivity index (χ1n) is 6.82. The molecule has 1 rings (SSSR count). The molecule has 0 aliphatic carbocycles. The fourth-order valence-electron chi connectivity index (χ4n) is 1.77. The highest BCUT2D eigenvalue weighted by Crippen LogP contribution is 2.30. The Bertz CT molecular complexity index is 507. The van der Waals surface area contributed by atoms with Crippen LogP contribution in [0.25, 0.3) is 0 Å². The Morgan fingerprint density at radius 2 is 1.68 bits per heavy atom. The fraction of sp³-hybridized carbons (Fsp3) is 0.533. The van der Waals surface area contributed by atoms with E-state index in [1.807, 2.05) is 0 Å². The SMILES string of the molecule is C[C@H](NC(=O)OC(C)(C)C)[C@H](N)c1ccc(C(F)(F)F)cc1. The molecule has 1 amide bonds. The quantitative estimate of drug-likeness (QED) is 0.894. The molecule has 124 valence electrons. The number of alkyl carbamates (subject to hydrolysis) is 1. The number of carbonyl (C=O) groups excluding carboxylic acids is 1. The van der Waals surface area contributed by atoms with Crippen molar-refractivity contribution < 1.29 is 22.7 Å². The van der Waals surface area contributed by atoms with Crippen LogP contribution in [0.1, 0.15) is 44.9 Å². The van der Waals surface area contributed by atoms with Crippen LogP contribution in [-0.4, -0.2) is 17.7 Å². The second-order valence-corrected chi connectivity index (χ2v) is 6.08. The lowest BCUT2D eigenvalue weighted by atomic mass is 10.00. The summed E-state index contributed by atoms with van der Waals surface area (Å²) in [7, 11) is 0. The maximum absolute atomic E-state index is 12.5. The highest BCUT2D eigenvalue weighted by Gasteiger charge is 2.30. The van der Waals surface area contributed by atoms with E-state index in [1.54, 1.807) is 27.7 Å². The van der Waals surface area contributed by atoms with Crippen LogP contribution in [0.15, 0.2) is 24.3 Å². The Morgan fingerprint density at radius 3 is 2.09 bits per heavy atom. The molecule has 3 N–H and O–H groups in total. The predicted octanol–water partition coefficient (Wildman–Crippen LogP) is 3.62. The lowest BCUT2D eigenvalue weighted by Gasteiger charge is -2.25. The maximum atomic E-state index is 12.5. The molecule has 0 aliphatic heterocycles. The van der Waals surface area contributed by atoms with Gasteiger partial charge in [0.2, 0.25) is 0 Å². The van der Waals surface area contributed by atoms with Crippen molar-refractivity contribution in [1.82, 2.24) is 5.32 Å². The molecule has 0 aliphatic rings. The van der Waals surface area contributed by atoms with E-state index in [-0.39, 0.29) is 0 Å². The van der Waals surface area contributed by atoms with Crippen LogP contribution in [0.5, 0.6) is 0 Å². The molecule has 0 fully saturated rings. The number of hydrogen-bond donors (Lipinski definition) is 2. The molecule has 7 heteroatoms. The zero-order valence-corrected chi connectivity index (χ0v) is 13.0. The van der Waals surface area contributed by atoms with E-state index >= 15 is 0 Å². The topological polar surface area (TPSA) is 64.3 Å². The van der Waals surface area contributed by atoms with Crippen molar-refractivity contribution in [3.05, 3.63) is 35.4 Å². The monoisotopic (exact) mass is 318 g/mol. The van der Waals surface area contributed by atoms with Gasteiger partial charge in [0.1, 0.15) is 5.60 Å². The predicted molar refractivity (Wildman–Crippen MR) is 77.2 cm³/mol. The molecule has 0 unspecified atom stereocenters. The molecule has 2 atom stereocenters. The number of benzene rings is 1. The summed E-state index contributed by atoms with van der Waals surface area (Å²) in [6.07, 6.45) is -5.01. The van der Waals surface area contributed by atoms with Crippen molar-refractivity contribution in [2.24, 2.45) is 5.73 Å². The first-order valence-corrected chi connectivity index (χ1v) is 6.82.